The second-order valence-corrected chi connectivity index (χ2v) is 5.17. The number of hydrogen-bond acceptors (Lipinski definition) is 5. The van der Waals surface area contributed by atoms with Crippen molar-refractivity contribution >= 4 is 11.4 Å². The molecule has 1 aliphatic rings. The number of ether oxygens (including phenoxy) is 2. The van der Waals surface area contributed by atoms with Crippen LogP contribution in [-0.4, -0.2) is 36.8 Å². The van der Waals surface area contributed by atoms with Crippen molar-refractivity contribution in [1.29, 1.82) is 0 Å². The molecular formula is C14H18F2N2O4. The third kappa shape index (κ3) is 3.82. The number of anilines is 1. The van der Waals surface area contributed by atoms with Gasteiger partial charge in [-0.05, 0) is 19.4 Å². The summed E-state index contributed by atoms with van der Waals surface area (Å²) in [5.41, 5.74) is 0.132. The van der Waals surface area contributed by atoms with Crippen LogP contribution in [0.4, 0.5) is 20.2 Å². The molecule has 0 spiro atoms. The number of halogens is 2. The summed E-state index contributed by atoms with van der Waals surface area (Å²) in [6, 6.07) is 4.02. The van der Waals surface area contributed by atoms with Gasteiger partial charge in [-0.1, -0.05) is 6.92 Å². The van der Waals surface area contributed by atoms with E-state index in [2.05, 4.69) is 4.74 Å². The van der Waals surface area contributed by atoms with E-state index in [1.54, 1.807) is 6.07 Å². The Morgan fingerprint density at radius 1 is 1.50 bits per heavy atom. The number of nitro benzene ring substituents is 1. The van der Waals surface area contributed by atoms with Gasteiger partial charge in [-0.25, -0.2) is 0 Å². The van der Waals surface area contributed by atoms with Crippen LogP contribution < -0.4 is 9.64 Å². The van der Waals surface area contributed by atoms with Gasteiger partial charge in [-0.15, -0.1) is 0 Å². The Labute approximate surface area is 126 Å². The average Bonchev–Trinajstić information content (AvgIpc) is 2.45. The molecular weight excluding hydrogens is 298 g/mol. The minimum atomic E-state index is -3.11. The Hall–Kier alpha value is -1.96. The summed E-state index contributed by atoms with van der Waals surface area (Å²) in [4.78, 5) is 12.1. The molecule has 122 valence electrons. The maximum absolute atomic E-state index is 12.4. The van der Waals surface area contributed by atoms with Crippen LogP contribution >= 0.6 is 0 Å². The maximum Gasteiger partial charge on any atom is 0.387 e. The number of morpholine rings is 1. The van der Waals surface area contributed by atoms with Gasteiger partial charge in [0.15, 0.2) is 0 Å². The van der Waals surface area contributed by atoms with Crippen molar-refractivity contribution in [3.8, 4) is 5.75 Å². The summed E-state index contributed by atoms with van der Waals surface area (Å²) in [5, 5.41) is 10.9. The van der Waals surface area contributed by atoms with Crippen molar-refractivity contribution in [2.75, 3.05) is 18.0 Å². The highest BCUT2D eigenvalue weighted by atomic mass is 19.3. The van der Waals surface area contributed by atoms with Crippen LogP contribution in [0, 0.1) is 10.1 Å². The molecule has 1 fully saturated rings. The molecule has 0 radical (unpaired) electrons. The fourth-order valence-electron chi connectivity index (χ4n) is 2.52. The lowest BCUT2D eigenvalue weighted by atomic mass is 10.1. The van der Waals surface area contributed by atoms with Crippen molar-refractivity contribution in [2.24, 2.45) is 0 Å². The SMILES string of the molecule is CCC1CN(c2ccc([N+](=O)[O-])c(OC(F)F)c2)CC(C)O1. The number of rotatable bonds is 5. The van der Waals surface area contributed by atoms with Crippen LogP contribution in [-0.2, 0) is 4.74 Å². The van der Waals surface area contributed by atoms with Crippen LogP contribution in [0.25, 0.3) is 0 Å². The molecule has 0 aromatic heterocycles. The fourth-order valence-corrected chi connectivity index (χ4v) is 2.52. The van der Waals surface area contributed by atoms with Crippen LogP contribution in [0.2, 0.25) is 0 Å². The molecule has 0 saturated carbocycles. The Bertz CT molecular complexity index is 542. The predicted octanol–water partition coefficient (Wildman–Crippen LogP) is 3.20. The Morgan fingerprint density at radius 3 is 2.82 bits per heavy atom. The second kappa shape index (κ2) is 6.87. The zero-order valence-corrected chi connectivity index (χ0v) is 12.4. The molecule has 2 unspecified atom stereocenters. The molecule has 2 rings (SSSR count). The molecule has 8 heteroatoms. The molecule has 1 aromatic carbocycles. The average molecular weight is 316 g/mol. The number of nitrogens with zero attached hydrogens (tertiary/aromatic N) is 2. The molecule has 6 nitrogen and oxygen atoms in total. The Balaban J connectivity index is 2.29. The van der Waals surface area contributed by atoms with Crippen molar-refractivity contribution < 1.29 is 23.2 Å². The smallest absolute Gasteiger partial charge is 0.387 e. The highest BCUT2D eigenvalue weighted by molar-refractivity contribution is 5.59. The molecule has 0 aliphatic carbocycles. The largest absolute Gasteiger partial charge is 0.427 e. The van der Waals surface area contributed by atoms with E-state index < -0.39 is 23.0 Å². The normalized spacial score (nSPS) is 22.0. The van der Waals surface area contributed by atoms with Gasteiger partial charge in [0.1, 0.15) is 0 Å². The first-order valence-corrected chi connectivity index (χ1v) is 7.04. The number of benzene rings is 1. The third-order valence-electron chi connectivity index (χ3n) is 3.50. The predicted molar refractivity (Wildman–Crippen MR) is 76.6 cm³/mol. The van der Waals surface area contributed by atoms with E-state index in [4.69, 9.17) is 4.74 Å². The van der Waals surface area contributed by atoms with Gasteiger partial charge in [-0.3, -0.25) is 10.1 Å². The monoisotopic (exact) mass is 316 g/mol. The van der Waals surface area contributed by atoms with Crippen LogP contribution in [0.3, 0.4) is 0 Å². The molecule has 1 aliphatic heterocycles. The highest BCUT2D eigenvalue weighted by Crippen LogP contribution is 2.34. The Kier molecular flexibility index (Phi) is 5.12. The Morgan fingerprint density at radius 2 is 2.23 bits per heavy atom. The quantitative estimate of drug-likeness (QED) is 0.616. The van der Waals surface area contributed by atoms with Crippen molar-refractivity contribution in [3.63, 3.8) is 0 Å². The summed E-state index contributed by atoms with van der Waals surface area (Å²) < 4.78 is 34.9. The number of alkyl halides is 2. The molecule has 2 atom stereocenters. The number of nitro groups is 1. The third-order valence-corrected chi connectivity index (χ3v) is 3.50. The van der Waals surface area contributed by atoms with Crippen LogP contribution in [0.1, 0.15) is 20.3 Å². The first-order chi connectivity index (χ1) is 10.4. The van der Waals surface area contributed by atoms with Gasteiger partial charge in [0, 0.05) is 30.9 Å². The van der Waals surface area contributed by atoms with Gasteiger partial charge in [0.05, 0.1) is 17.1 Å². The zero-order valence-electron chi connectivity index (χ0n) is 12.4. The van der Waals surface area contributed by atoms with E-state index in [0.29, 0.717) is 18.8 Å². The van der Waals surface area contributed by atoms with Gasteiger partial charge in [0.2, 0.25) is 5.75 Å². The molecule has 1 saturated heterocycles. The van der Waals surface area contributed by atoms with Crippen LogP contribution in [0.5, 0.6) is 5.75 Å². The highest BCUT2D eigenvalue weighted by Gasteiger charge is 2.26. The minimum absolute atomic E-state index is 0.00615. The first-order valence-electron chi connectivity index (χ1n) is 7.04. The van der Waals surface area contributed by atoms with Crippen LogP contribution in [0.15, 0.2) is 18.2 Å². The summed E-state index contributed by atoms with van der Waals surface area (Å²) in [5.74, 6) is -0.426. The van der Waals surface area contributed by atoms with Crippen molar-refractivity contribution in [2.45, 2.75) is 39.1 Å². The summed E-state index contributed by atoms with van der Waals surface area (Å²) in [6.45, 7) is 2.01. The van der Waals surface area contributed by atoms with Gasteiger partial charge < -0.3 is 14.4 Å². The van der Waals surface area contributed by atoms with Gasteiger partial charge in [-0.2, -0.15) is 8.78 Å². The molecule has 0 N–H and O–H groups in total. The molecule has 0 amide bonds. The van der Waals surface area contributed by atoms with E-state index in [1.165, 1.54) is 12.1 Å². The van der Waals surface area contributed by atoms with Crippen molar-refractivity contribution in [3.05, 3.63) is 28.3 Å². The second-order valence-electron chi connectivity index (χ2n) is 5.17. The zero-order chi connectivity index (χ0) is 16.3. The molecule has 1 aromatic rings. The van der Waals surface area contributed by atoms with E-state index >= 15 is 0 Å². The lowest BCUT2D eigenvalue weighted by Gasteiger charge is -2.38. The lowest BCUT2D eigenvalue weighted by Crippen LogP contribution is -2.46. The van der Waals surface area contributed by atoms with Gasteiger partial charge >= 0.3 is 12.3 Å². The fraction of sp³-hybridized carbons (Fsp3) is 0.571. The topological polar surface area (TPSA) is 64.8 Å². The summed E-state index contributed by atoms with van der Waals surface area (Å²) in [7, 11) is 0. The minimum Gasteiger partial charge on any atom is -0.427 e. The van der Waals surface area contributed by atoms with E-state index in [-0.39, 0.29) is 12.2 Å². The first kappa shape index (κ1) is 16.4. The molecule has 1 heterocycles. The van der Waals surface area contributed by atoms with E-state index in [9.17, 15) is 18.9 Å². The standard InChI is InChI=1S/C14H18F2N2O4/c1-3-11-8-17(7-9(2)21-11)10-4-5-12(18(19)20)13(6-10)22-14(15)16/h4-6,9,11,14H,3,7-8H2,1-2H3. The number of hydrogen-bond donors (Lipinski definition) is 0. The van der Waals surface area contributed by atoms with E-state index in [0.717, 1.165) is 6.42 Å². The summed E-state index contributed by atoms with van der Waals surface area (Å²) in [6.07, 6.45) is 0.862. The molecule has 0 bridgehead atoms. The van der Waals surface area contributed by atoms with Gasteiger partial charge in [0.25, 0.3) is 0 Å². The summed E-state index contributed by atoms with van der Waals surface area (Å²) >= 11 is 0. The molecule has 22 heavy (non-hydrogen) atoms. The van der Waals surface area contributed by atoms with E-state index in [1.807, 2.05) is 18.7 Å². The maximum atomic E-state index is 12.4. The lowest BCUT2D eigenvalue weighted by molar-refractivity contribution is -0.386. The van der Waals surface area contributed by atoms with Crippen molar-refractivity contribution in [1.82, 2.24) is 0 Å².